The van der Waals surface area contributed by atoms with Gasteiger partial charge in [-0.15, -0.1) is 0 Å². The number of likely N-dealkylation sites (N-methyl/N-ethyl adjacent to an activating group) is 1. The molecular formula is C24H31N3O3. The number of hydrogen-bond donors (Lipinski definition) is 1. The number of fused-ring (bicyclic) bond motifs is 1. The average molecular weight is 410 g/mol. The zero-order valence-electron chi connectivity index (χ0n) is 18.2. The lowest BCUT2D eigenvalue weighted by Crippen LogP contribution is -2.48. The summed E-state index contributed by atoms with van der Waals surface area (Å²) in [5.41, 5.74) is 2.36. The van der Waals surface area contributed by atoms with Crippen molar-refractivity contribution >= 4 is 17.5 Å². The fourth-order valence-corrected chi connectivity index (χ4v) is 3.63. The molecule has 2 aromatic carbocycles. The molecule has 1 aliphatic heterocycles. The second-order valence-corrected chi connectivity index (χ2v) is 8.09. The third-order valence-corrected chi connectivity index (χ3v) is 5.57. The average Bonchev–Trinajstić information content (AvgIpc) is 3.05. The highest BCUT2D eigenvalue weighted by atomic mass is 16.5. The lowest BCUT2D eigenvalue weighted by atomic mass is 9.96. The van der Waals surface area contributed by atoms with Crippen molar-refractivity contribution in [1.29, 1.82) is 0 Å². The monoisotopic (exact) mass is 409 g/mol. The lowest BCUT2D eigenvalue weighted by Gasteiger charge is -2.31. The van der Waals surface area contributed by atoms with E-state index in [-0.39, 0.29) is 17.7 Å². The Hall–Kier alpha value is -2.86. The van der Waals surface area contributed by atoms with E-state index in [2.05, 4.69) is 10.2 Å². The standard InChI is InChI=1S/C24H31N3O3/c1-5-17(2)22(27-16-18-8-6-7-9-21(18)24(27)29)23(28)25-19-10-12-20(13-11-19)30-15-14-26(3)4/h6-13,17,22H,5,14-16H2,1-4H3,(H,25,28)/t17-,22+/m0/s1. The second kappa shape index (κ2) is 9.76. The second-order valence-electron chi connectivity index (χ2n) is 8.09. The van der Waals surface area contributed by atoms with E-state index in [1.54, 1.807) is 4.90 Å². The van der Waals surface area contributed by atoms with Crippen molar-refractivity contribution in [2.45, 2.75) is 32.9 Å². The molecule has 3 rings (SSSR count). The van der Waals surface area contributed by atoms with Gasteiger partial charge in [-0.1, -0.05) is 38.5 Å². The Bertz CT molecular complexity index is 880. The summed E-state index contributed by atoms with van der Waals surface area (Å²) in [5.74, 6) is 0.567. The van der Waals surface area contributed by atoms with E-state index in [0.29, 0.717) is 24.4 Å². The Kier molecular flexibility index (Phi) is 7.11. The summed E-state index contributed by atoms with van der Waals surface area (Å²) in [4.78, 5) is 29.9. The molecule has 2 atom stereocenters. The molecule has 160 valence electrons. The summed E-state index contributed by atoms with van der Waals surface area (Å²) < 4.78 is 5.70. The number of carbonyl (C=O) groups is 2. The Balaban J connectivity index is 1.69. The molecule has 6 nitrogen and oxygen atoms in total. The van der Waals surface area contributed by atoms with E-state index in [0.717, 1.165) is 24.3 Å². The minimum absolute atomic E-state index is 0.0388. The van der Waals surface area contributed by atoms with Crippen LogP contribution in [0.25, 0.3) is 0 Å². The number of nitrogens with zero attached hydrogens (tertiary/aromatic N) is 2. The third-order valence-electron chi connectivity index (χ3n) is 5.57. The Labute approximate surface area is 178 Å². The molecule has 2 aromatic rings. The van der Waals surface area contributed by atoms with Gasteiger partial charge in [-0.3, -0.25) is 9.59 Å². The molecule has 0 bridgehead atoms. The van der Waals surface area contributed by atoms with Crippen LogP contribution in [0, 0.1) is 5.92 Å². The van der Waals surface area contributed by atoms with Crippen LogP contribution in [-0.2, 0) is 11.3 Å². The van der Waals surface area contributed by atoms with Gasteiger partial charge in [-0.25, -0.2) is 0 Å². The van der Waals surface area contributed by atoms with E-state index >= 15 is 0 Å². The molecule has 0 saturated heterocycles. The number of ether oxygens (including phenoxy) is 1. The molecule has 0 aliphatic carbocycles. The van der Waals surface area contributed by atoms with Crippen molar-refractivity contribution in [3.63, 3.8) is 0 Å². The predicted octanol–water partition coefficient (Wildman–Crippen LogP) is 3.64. The largest absolute Gasteiger partial charge is 0.492 e. The molecule has 1 heterocycles. The normalized spacial score (nSPS) is 15.1. The summed E-state index contributed by atoms with van der Waals surface area (Å²) in [7, 11) is 4.00. The van der Waals surface area contributed by atoms with Crippen LogP contribution in [0.1, 0.15) is 36.2 Å². The van der Waals surface area contributed by atoms with Crippen LogP contribution in [0.3, 0.4) is 0 Å². The first-order valence-corrected chi connectivity index (χ1v) is 10.5. The molecule has 6 heteroatoms. The van der Waals surface area contributed by atoms with Gasteiger partial charge in [0, 0.05) is 24.3 Å². The van der Waals surface area contributed by atoms with Gasteiger partial charge in [-0.05, 0) is 55.9 Å². The van der Waals surface area contributed by atoms with Crippen molar-refractivity contribution in [3.8, 4) is 5.75 Å². The van der Waals surface area contributed by atoms with Crippen LogP contribution in [0.15, 0.2) is 48.5 Å². The fraction of sp³-hybridized carbons (Fsp3) is 0.417. The summed E-state index contributed by atoms with van der Waals surface area (Å²) >= 11 is 0. The van der Waals surface area contributed by atoms with Crippen molar-refractivity contribution in [2.24, 2.45) is 5.92 Å². The van der Waals surface area contributed by atoms with Gasteiger partial charge in [-0.2, -0.15) is 0 Å². The molecule has 1 aliphatic rings. The highest BCUT2D eigenvalue weighted by molar-refractivity contribution is 6.03. The zero-order chi connectivity index (χ0) is 21.7. The molecule has 0 aromatic heterocycles. The number of amides is 2. The number of benzene rings is 2. The number of nitrogens with one attached hydrogen (secondary N) is 1. The van der Waals surface area contributed by atoms with Gasteiger partial charge in [0.25, 0.3) is 5.91 Å². The van der Waals surface area contributed by atoms with Crippen LogP contribution in [0.4, 0.5) is 5.69 Å². The third kappa shape index (κ3) is 5.00. The molecular weight excluding hydrogens is 378 g/mol. The predicted molar refractivity (Wildman–Crippen MR) is 119 cm³/mol. The Morgan fingerprint density at radius 2 is 1.87 bits per heavy atom. The Morgan fingerprint density at radius 1 is 1.17 bits per heavy atom. The fourth-order valence-electron chi connectivity index (χ4n) is 3.63. The molecule has 0 unspecified atom stereocenters. The van der Waals surface area contributed by atoms with Gasteiger partial charge in [0.2, 0.25) is 5.91 Å². The van der Waals surface area contributed by atoms with Gasteiger partial charge in [0.05, 0.1) is 0 Å². The molecule has 1 N–H and O–H groups in total. The number of anilines is 1. The molecule has 0 saturated carbocycles. The van der Waals surface area contributed by atoms with Crippen LogP contribution < -0.4 is 10.1 Å². The highest BCUT2D eigenvalue weighted by Gasteiger charge is 2.38. The van der Waals surface area contributed by atoms with Gasteiger partial charge >= 0.3 is 0 Å². The molecule has 30 heavy (non-hydrogen) atoms. The topological polar surface area (TPSA) is 61.9 Å². The number of hydrogen-bond acceptors (Lipinski definition) is 4. The molecule has 2 amide bonds. The Morgan fingerprint density at radius 3 is 2.50 bits per heavy atom. The lowest BCUT2D eigenvalue weighted by molar-refractivity contribution is -0.122. The first kappa shape index (κ1) is 21.8. The van der Waals surface area contributed by atoms with Crippen molar-refractivity contribution in [2.75, 3.05) is 32.6 Å². The number of rotatable bonds is 9. The first-order valence-electron chi connectivity index (χ1n) is 10.5. The van der Waals surface area contributed by atoms with Gasteiger partial charge in [0.15, 0.2) is 0 Å². The minimum atomic E-state index is -0.522. The maximum absolute atomic E-state index is 13.2. The van der Waals surface area contributed by atoms with Crippen molar-refractivity contribution < 1.29 is 14.3 Å². The van der Waals surface area contributed by atoms with Crippen molar-refractivity contribution in [1.82, 2.24) is 9.80 Å². The summed E-state index contributed by atoms with van der Waals surface area (Å²) in [6.07, 6.45) is 0.802. The highest BCUT2D eigenvalue weighted by Crippen LogP contribution is 2.29. The van der Waals surface area contributed by atoms with Crippen LogP contribution in [0.2, 0.25) is 0 Å². The first-order chi connectivity index (χ1) is 14.4. The maximum atomic E-state index is 13.2. The quantitative estimate of drug-likeness (QED) is 0.687. The molecule has 0 fully saturated rings. The van der Waals surface area contributed by atoms with Gasteiger partial charge in [0.1, 0.15) is 18.4 Å². The summed E-state index contributed by atoms with van der Waals surface area (Å²) in [5, 5.41) is 2.99. The van der Waals surface area contributed by atoms with Crippen LogP contribution in [-0.4, -0.2) is 54.9 Å². The zero-order valence-corrected chi connectivity index (χ0v) is 18.2. The van der Waals surface area contributed by atoms with Crippen LogP contribution in [0.5, 0.6) is 5.75 Å². The maximum Gasteiger partial charge on any atom is 0.255 e. The van der Waals surface area contributed by atoms with E-state index in [9.17, 15) is 9.59 Å². The SMILES string of the molecule is CC[C@H](C)[C@H](C(=O)Nc1ccc(OCCN(C)C)cc1)N1Cc2ccccc2C1=O. The van der Waals surface area contributed by atoms with Crippen molar-refractivity contribution in [3.05, 3.63) is 59.7 Å². The van der Waals surface area contributed by atoms with Gasteiger partial charge < -0.3 is 19.9 Å². The van der Waals surface area contributed by atoms with E-state index in [4.69, 9.17) is 4.74 Å². The van der Waals surface area contributed by atoms with E-state index < -0.39 is 6.04 Å². The molecule has 0 radical (unpaired) electrons. The number of carbonyl (C=O) groups excluding carboxylic acids is 2. The van der Waals surface area contributed by atoms with E-state index in [1.165, 1.54) is 0 Å². The van der Waals surface area contributed by atoms with E-state index in [1.807, 2.05) is 76.5 Å². The minimum Gasteiger partial charge on any atom is -0.492 e. The van der Waals surface area contributed by atoms with Crippen LogP contribution >= 0.6 is 0 Å². The smallest absolute Gasteiger partial charge is 0.255 e. The summed E-state index contributed by atoms with van der Waals surface area (Å²) in [6.45, 7) is 5.96. The summed E-state index contributed by atoms with van der Waals surface area (Å²) in [6, 6.07) is 14.4. The molecule has 0 spiro atoms.